The maximum absolute atomic E-state index is 5.40. The molecule has 118 valence electrons. The summed E-state index contributed by atoms with van der Waals surface area (Å²) in [5, 5.41) is 10.1. The van der Waals surface area contributed by atoms with Gasteiger partial charge in [0.2, 0.25) is 5.88 Å². The fraction of sp³-hybridized carbons (Fsp3) is 0.267. The lowest BCUT2D eigenvalue weighted by atomic mass is 10.3. The van der Waals surface area contributed by atoms with E-state index in [4.69, 9.17) is 4.74 Å². The fourth-order valence-corrected chi connectivity index (χ4v) is 2.91. The van der Waals surface area contributed by atoms with Crippen molar-refractivity contribution in [2.45, 2.75) is 30.6 Å². The van der Waals surface area contributed by atoms with E-state index < -0.39 is 0 Å². The van der Waals surface area contributed by atoms with E-state index >= 15 is 0 Å². The highest BCUT2D eigenvalue weighted by Crippen LogP contribution is 2.29. The summed E-state index contributed by atoms with van der Waals surface area (Å²) in [6.45, 7) is 5.29. The quantitative estimate of drug-likeness (QED) is 0.644. The van der Waals surface area contributed by atoms with Crippen LogP contribution in [-0.2, 0) is 6.54 Å². The smallest absolute Gasteiger partial charge is 0.217 e. The number of nitrogens with zero attached hydrogens (tertiary/aromatic N) is 6. The zero-order valence-corrected chi connectivity index (χ0v) is 13.7. The van der Waals surface area contributed by atoms with Crippen LogP contribution in [0.2, 0.25) is 0 Å². The van der Waals surface area contributed by atoms with Crippen LogP contribution in [0.4, 0.5) is 0 Å². The second-order valence-corrected chi connectivity index (χ2v) is 5.51. The highest BCUT2D eigenvalue weighted by atomic mass is 32.2. The number of hydrogen-bond acceptors (Lipinski definition) is 7. The van der Waals surface area contributed by atoms with Crippen molar-refractivity contribution >= 4 is 11.8 Å². The molecule has 0 aliphatic carbocycles. The maximum atomic E-state index is 5.40. The summed E-state index contributed by atoms with van der Waals surface area (Å²) >= 11 is 1.43. The highest BCUT2D eigenvalue weighted by Gasteiger charge is 2.14. The summed E-state index contributed by atoms with van der Waals surface area (Å²) in [6, 6.07) is 5.65. The summed E-state index contributed by atoms with van der Waals surface area (Å²) in [7, 11) is 0. The standard InChI is InChI=1S/C15H16N6OS/c1-3-21-14(11-6-5-7-16-9-11)19-20-15(21)23-13-8-12(22-4-2)17-10-18-13/h5-10H,3-4H2,1-2H3. The van der Waals surface area contributed by atoms with Gasteiger partial charge in [-0.2, -0.15) is 0 Å². The highest BCUT2D eigenvalue weighted by molar-refractivity contribution is 7.99. The fourth-order valence-electron chi connectivity index (χ4n) is 2.06. The van der Waals surface area contributed by atoms with Crippen LogP contribution in [0.15, 0.2) is 47.1 Å². The lowest BCUT2D eigenvalue weighted by Crippen LogP contribution is -2.00. The van der Waals surface area contributed by atoms with Crippen molar-refractivity contribution in [1.82, 2.24) is 29.7 Å². The Balaban J connectivity index is 1.89. The first-order valence-electron chi connectivity index (χ1n) is 7.28. The molecule has 0 aliphatic rings. The first-order valence-corrected chi connectivity index (χ1v) is 8.09. The van der Waals surface area contributed by atoms with Crippen LogP contribution in [0, 0.1) is 0 Å². The Morgan fingerprint density at radius 1 is 1.22 bits per heavy atom. The van der Waals surface area contributed by atoms with Gasteiger partial charge < -0.3 is 9.30 Å². The Morgan fingerprint density at radius 2 is 2.13 bits per heavy atom. The van der Waals surface area contributed by atoms with E-state index in [0.29, 0.717) is 12.5 Å². The van der Waals surface area contributed by atoms with Crippen LogP contribution in [0.25, 0.3) is 11.4 Å². The van der Waals surface area contributed by atoms with E-state index in [2.05, 4.69) is 32.1 Å². The second-order valence-electron chi connectivity index (χ2n) is 4.52. The van der Waals surface area contributed by atoms with Gasteiger partial charge in [-0.15, -0.1) is 10.2 Å². The van der Waals surface area contributed by atoms with Crippen molar-refractivity contribution < 1.29 is 4.74 Å². The molecule has 0 bridgehead atoms. The van der Waals surface area contributed by atoms with E-state index in [1.807, 2.05) is 23.6 Å². The van der Waals surface area contributed by atoms with Gasteiger partial charge in [0.05, 0.1) is 6.61 Å². The van der Waals surface area contributed by atoms with Gasteiger partial charge in [0.15, 0.2) is 11.0 Å². The molecule has 0 aliphatic heterocycles. The molecule has 3 heterocycles. The normalized spacial score (nSPS) is 10.7. The third-order valence-electron chi connectivity index (χ3n) is 3.06. The van der Waals surface area contributed by atoms with Gasteiger partial charge in [0.1, 0.15) is 11.4 Å². The summed E-state index contributed by atoms with van der Waals surface area (Å²) in [6.07, 6.45) is 5.01. The third kappa shape index (κ3) is 3.48. The molecule has 23 heavy (non-hydrogen) atoms. The minimum absolute atomic E-state index is 0.556. The number of aromatic nitrogens is 6. The average Bonchev–Trinajstić information content (AvgIpc) is 2.99. The molecule has 3 rings (SSSR count). The predicted octanol–water partition coefficient (Wildman–Crippen LogP) is 2.70. The van der Waals surface area contributed by atoms with Crippen molar-refractivity contribution in [3.05, 3.63) is 36.9 Å². The van der Waals surface area contributed by atoms with Gasteiger partial charge in [-0.25, -0.2) is 9.97 Å². The molecule has 0 radical (unpaired) electrons. The Labute approximate surface area is 138 Å². The molecule has 0 saturated heterocycles. The molecular weight excluding hydrogens is 312 g/mol. The van der Waals surface area contributed by atoms with Crippen molar-refractivity contribution in [3.63, 3.8) is 0 Å². The molecular formula is C15H16N6OS. The van der Waals surface area contributed by atoms with E-state index in [1.165, 1.54) is 18.1 Å². The summed E-state index contributed by atoms with van der Waals surface area (Å²) < 4.78 is 7.43. The van der Waals surface area contributed by atoms with Gasteiger partial charge in [-0.05, 0) is 37.7 Å². The van der Waals surface area contributed by atoms with Gasteiger partial charge in [-0.3, -0.25) is 4.98 Å². The first kappa shape index (κ1) is 15.4. The summed E-state index contributed by atoms with van der Waals surface area (Å²) in [5.74, 6) is 1.35. The molecule has 0 unspecified atom stereocenters. The topological polar surface area (TPSA) is 78.6 Å². The zero-order chi connectivity index (χ0) is 16.1. The van der Waals surface area contributed by atoms with E-state index in [-0.39, 0.29) is 0 Å². The van der Waals surface area contributed by atoms with Gasteiger partial charge in [-0.1, -0.05) is 0 Å². The Morgan fingerprint density at radius 3 is 2.87 bits per heavy atom. The van der Waals surface area contributed by atoms with Crippen LogP contribution in [0.3, 0.4) is 0 Å². The Bertz CT molecular complexity index is 777. The van der Waals surface area contributed by atoms with Gasteiger partial charge in [0, 0.05) is 30.6 Å². The maximum Gasteiger partial charge on any atom is 0.217 e. The molecule has 0 N–H and O–H groups in total. The van der Waals surface area contributed by atoms with Crippen LogP contribution in [0.5, 0.6) is 5.88 Å². The molecule has 0 atom stereocenters. The molecule has 3 aromatic rings. The van der Waals surface area contributed by atoms with Crippen molar-refractivity contribution in [2.75, 3.05) is 6.61 Å². The number of rotatable bonds is 6. The molecule has 0 fully saturated rings. The van der Waals surface area contributed by atoms with E-state index in [1.54, 1.807) is 18.5 Å². The van der Waals surface area contributed by atoms with Crippen molar-refractivity contribution in [2.24, 2.45) is 0 Å². The lowest BCUT2D eigenvalue weighted by molar-refractivity contribution is 0.324. The van der Waals surface area contributed by atoms with E-state index in [0.717, 1.165) is 28.1 Å². The second kappa shape index (κ2) is 7.19. The third-order valence-corrected chi connectivity index (χ3v) is 3.97. The minimum atomic E-state index is 0.556. The predicted molar refractivity (Wildman–Crippen MR) is 86.3 cm³/mol. The van der Waals surface area contributed by atoms with Crippen molar-refractivity contribution in [3.8, 4) is 17.3 Å². The largest absolute Gasteiger partial charge is 0.478 e. The van der Waals surface area contributed by atoms with E-state index in [9.17, 15) is 0 Å². The zero-order valence-electron chi connectivity index (χ0n) is 12.9. The monoisotopic (exact) mass is 328 g/mol. The molecule has 0 amide bonds. The molecule has 0 aromatic carbocycles. The number of hydrogen-bond donors (Lipinski definition) is 0. The van der Waals surface area contributed by atoms with Crippen LogP contribution in [0.1, 0.15) is 13.8 Å². The first-order chi connectivity index (χ1) is 11.3. The van der Waals surface area contributed by atoms with Crippen LogP contribution >= 0.6 is 11.8 Å². The molecule has 7 nitrogen and oxygen atoms in total. The van der Waals surface area contributed by atoms with Gasteiger partial charge in [0.25, 0.3) is 0 Å². The number of pyridine rings is 1. The van der Waals surface area contributed by atoms with Gasteiger partial charge >= 0.3 is 0 Å². The minimum Gasteiger partial charge on any atom is -0.478 e. The Kier molecular flexibility index (Phi) is 4.82. The molecule has 8 heteroatoms. The molecule has 0 saturated carbocycles. The van der Waals surface area contributed by atoms with Crippen LogP contribution < -0.4 is 4.74 Å². The SMILES string of the molecule is CCOc1cc(Sc2nnc(-c3cccnc3)n2CC)ncn1. The molecule has 3 aromatic heterocycles. The van der Waals surface area contributed by atoms with Crippen molar-refractivity contribution in [1.29, 1.82) is 0 Å². The summed E-state index contributed by atoms with van der Waals surface area (Å²) in [4.78, 5) is 12.5. The number of ether oxygens (including phenoxy) is 1. The molecule has 0 spiro atoms. The van der Waals surface area contributed by atoms with Crippen LogP contribution in [-0.4, -0.2) is 36.3 Å². The summed E-state index contributed by atoms with van der Waals surface area (Å²) in [5.41, 5.74) is 0.936. The lowest BCUT2D eigenvalue weighted by Gasteiger charge is -2.07. The Hall–Kier alpha value is -2.48. The average molecular weight is 328 g/mol.